The Morgan fingerprint density at radius 1 is 1.20 bits per heavy atom. The van der Waals surface area contributed by atoms with Crippen molar-refractivity contribution >= 4 is 5.69 Å². The van der Waals surface area contributed by atoms with E-state index in [1.54, 1.807) is 0 Å². The predicted octanol–water partition coefficient (Wildman–Crippen LogP) is 2.94. The van der Waals surface area contributed by atoms with Crippen LogP contribution < -0.4 is 10.6 Å². The lowest BCUT2D eigenvalue weighted by Crippen LogP contribution is -2.27. The van der Waals surface area contributed by atoms with E-state index in [4.69, 9.17) is 5.73 Å². The van der Waals surface area contributed by atoms with Gasteiger partial charge in [0.2, 0.25) is 0 Å². The zero-order valence-electron chi connectivity index (χ0n) is 10.2. The quantitative estimate of drug-likeness (QED) is 0.820. The second-order valence-corrected chi connectivity index (χ2v) is 4.25. The summed E-state index contributed by atoms with van der Waals surface area (Å²) in [5, 5.41) is 0. The lowest BCUT2D eigenvalue weighted by molar-refractivity contribution is 0.663. The third kappa shape index (κ3) is 2.96. The maximum Gasteiger partial charge on any atom is 0.0366 e. The first-order valence-electron chi connectivity index (χ1n) is 5.64. The van der Waals surface area contributed by atoms with Crippen LogP contribution in [-0.2, 0) is 0 Å². The van der Waals surface area contributed by atoms with E-state index in [9.17, 15) is 0 Å². The Hall–Kier alpha value is -1.02. The number of nitrogens with two attached hydrogens (primary N) is 1. The van der Waals surface area contributed by atoms with Crippen LogP contribution in [0.4, 0.5) is 5.69 Å². The summed E-state index contributed by atoms with van der Waals surface area (Å²) >= 11 is 0. The first-order chi connectivity index (χ1) is 7.06. The molecule has 2 heteroatoms. The summed E-state index contributed by atoms with van der Waals surface area (Å²) in [6.07, 6.45) is 1.16. The van der Waals surface area contributed by atoms with Crippen molar-refractivity contribution in [3.05, 3.63) is 29.8 Å². The molecule has 0 radical (unpaired) electrons. The predicted molar refractivity (Wildman–Crippen MR) is 67.2 cm³/mol. The average molecular weight is 206 g/mol. The zero-order valence-corrected chi connectivity index (χ0v) is 10.2. The fraction of sp³-hybridized carbons (Fsp3) is 0.538. The van der Waals surface area contributed by atoms with Crippen molar-refractivity contribution in [1.82, 2.24) is 0 Å². The van der Waals surface area contributed by atoms with Crippen molar-refractivity contribution < 1.29 is 0 Å². The first-order valence-corrected chi connectivity index (χ1v) is 5.64. The molecule has 1 aromatic carbocycles. The highest BCUT2D eigenvalue weighted by molar-refractivity contribution is 5.48. The van der Waals surface area contributed by atoms with E-state index in [1.165, 1.54) is 11.3 Å². The molecule has 1 unspecified atom stereocenters. The minimum atomic E-state index is 0.118. The number of hydrogen-bond acceptors (Lipinski definition) is 2. The molecule has 2 nitrogen and oxygen atoms in total. The first kappa shape index (κ1) is 12.1. The Morgan fingerprint density at radius 3 is 2.13 bits per heavy atom. The van der Waals surface area contributed by atoms with Crippen molar-refractivity contribution in [3.63, 3.8) is 0 Å². The van der Waals surface area contributed by atoms with E-state index in [1.807, 2.05) is 6.92 Å². The van der Waals surface area contributed by atoms with Crippen LogP contribution in [-0.4, -0.2) is 13.1 Å². The van der Waals surface area contributed by atoms with Crippen LogP contribution >= 0.6 is 0 Å². The Balaban J connectivity index is 2.79. The molecule has 0 aliphatic heterocycles. The molecule has 2 N–H and O–H groups in total. The van der Waals surface area contributed by atoms with Gasteiger partial charge in [0, 0.05) is 24.8 Å². The van der Waals surface area contributed by atoms with Crippen molar-refractivity contribution in [2.24, 2.45) is 5.73 Å². The minimum absolute atomic E-state index is 0.118. The Kier molecular flexibility index (Phi) is 4.15. The van der Waals surface area contributed by atoms with Crippen LogP contribution in [0, 0.1) is 0 Å². The van der Waals surface area contributed by atoms with Gasteiger partial charge in [0.25, 0.3) is 0 Å². The van der Waals surface area contributed by atoms with Gasteiger partial charge in [-0.25, -0.2) is 0 Å². The summed E-state index contributed by atoms with van der Waals surface area (Å²) in [7, 11) is 2.13. The largest absolute Gasteiger partial charge is 0.372 e. The van der Waals surface area contributed by atoms with Gasteiger partial charge in [-0.3, -0.25) is 0 Å². The number of benzene rings is 1. The van der Waals surface area contributed by atoms with Crippen LogP contribution in [0.5, 0.6) is 0 Å². The molecule has 2 atom stereocenters. The van der Waals surface area contributed by atoms with Crippen molar-refractivity contribution in [3.8, 4) is 0 Å². The van der Waals surface area contributed by atoms with Gasteiger partial charge in [-0.1, -0.05) is 19.1 Å². The van der Waals surface area contributed by atoms with E-state index < -0.39 is 0 Å². The molecule has 0 heterocycles. The third-order valence-electron chi connectivity index (χ3n) is 3.08. The Labute approximate surface area is 93.1 Å². The molecule has 0 saturated carbocycles. The fourth-order valence-electron chi connectivity index (χ4n) is 1.54. The zero-order chi connectivity index (χ0) is 11.4. The summed E-state index contributed by atoms with van der Waals surface area (Å²) in [5.41, 5.74) is 8.26. The topological polar surface area (TPSA) is 29.3 Å². The highest BCUT2D eigenvalue weighted by Crippen LogP contribution is 2.19. The van der Waals surface area contributed by atoms with Crippen LogP contribution in [0.25, 0.3) is 0 Å². The molecule has 1 aromatic rings. The van der Waals surface area contributed by atoms with E-state index in [0.29, 0.717) is 6.04 Å². The summed E-state index contributed by atoms with van der Waals surface area (Å²) in [6, 6.07) is 9.20. The van der Waals surface area contributed by atoms with Gasteiger partial charge in [0.1, 0.15) is 0 Å². The molecule has 0 aliphatic carbocycles. The van der Waals surface area contributed by atoms with Gasteiger partial charge in [0.05, 0.1) is 0 Å². The van der Waals surface area contributed by atoms with Crippen LogP contribution in [0.3, 0.4) is 0 Å². The highest BCUT2D eigenvalue weighted by atomic mass is 15.1. The third-order valence-corrected chi connectivity index (χ3v) is 3.08. The van der Waals surface area contributed by atoms with E-state index in [-0.39, 0.29) is 6.04 Å². The van der Waals surface area contributed by atoms with Gasteiger partial charge < -0.3 is 10.6 Å². The second kappa shape index (κ2) is 5.17. The number of anilines is 1. The standard InChI is InChI=1S/C13H22N2/c1-5-10(2)15(4)13-8-6-12(7-9-13)11(3)14/h6-11H,5,14H2,1-4H3/t10?,11-/m0/s1. The summed E-state index contributed by atoms with van der Waals surface area (Å²) in [4.78, 5) is 2.30. The van der Waals surface area contributed by atoms with Gasteiger partial charge in [-0.05, 0) is 38.0 Å². The summed E-state index contributed by atoms with van der Waals surface area (Å²) < 4.78 is 0. The molecular formula is C13H22N2. The van der Waals surface area contributed by atoms with Crippen LogP contribution in [0.2, 0.25) is 0 Å². The maximum atomic E-state index is 5.81. The normalized spacial score (nSPS) is 14.7. The second-order valence-electron chi connectivity index (χ2n) is 4.25. The molecule has 15 heavy (non-hydrogen) atoms. The number of hydrogen-bond donors (Lipinski definition) is 1. The summed E-state index contributed by atoms with van der Waals surface area (Å²) in [5.74, 6) is 0. The van der Waals surface area contributed by atoms with Gasteiger partial charge in [-0.2, -0.15) is 0 Å². The lowest BCUT2D eigenvalue weighted by Gasteiger charge is -2.26. The van der Waals surface area contributed by atoms with Crippen molar-refractivity contribution in [1.29, 1.82) is 0 Å². The monoisotopic (exact) mass is 206 g/mol. The Morgan fingerprint density at radius 2 is 1.73 bits per heavy atom. The smallest absolute Gasteiger partial charge is 0.0366 e. The maximum absolute atomic E-state index is 5.81. The molecule has 1 rings (SSSR count). The average Bonchev–Trinajstić information content (AvgIpc) is 2.27. The SMILES string of the molecule is CCC(C)N(C)c1ccc([C@H](C)N)cc1. The van der Waals surface area contributed by atoms with Crippen LogP contribution in [0.1, 0.15) is 38.8 Å². The fourth-order valence-corrected chi connectivity index (χ4v) is 1.54. The molecule has 0 amide bonds. The molecule has 0 saturated heterocycles. The summed E-state index contributed by atoms with van der Waals surface area (Å²) in [6.45, 7) is 6.45. The highest BCUT2D eigenvalue weighted by Gasteiger charge is 2.07. The molecule has 0 spiro atoms. The van der Waals surface area contributed by atoms with Crippen LogP contribution in [0.15, 0.2) is 24.3 Å². The number of nitrogens with zero attached hydrogens (tertiary/aromatic N) is 1. The van der Waals surface area contributed by atoms with Gasteiger partial charge >= 0.3 is 0 Å². The molecule has 0 aromatic heterocycles. The molecule has 0 fully saturated rings. The molecular weight excluding hydrogens is 184 g/mol. The minimum Gasteiger partial charge on any atom is -0.372 e. The van der Waals surface area contributed by atoms with Crippen molar-refractivity contribution in [2.45, 2.75) is 39.3 Å². The molecule has 84 valence electrons. The van der Waals surface area contributed by atoms with Crippen molar-refractivity contribution in [2.75, 3.05) is 11.9 Å². The van der Waals surface area contributed by atoms with Gasteiger partial charge in [-0.15, -0.1) is 0 Å². The van der Waals surface area contributed by atoms with E-state index in [0.717, 1.165) is 6.42 Å². The number of rotatable bonds is 4. The van der Waals surface area contributed by atoms with E-state index in [2.05, 4.69) is 50.1 Å². The van der Waals surface area contributed by atoms with Gasteiger partial charge in [0.15, 0.2) is 0 Å². The molecule has 0 aliphatic rings. The Bertz CT molecular complexity index is 290. The molecule has 0 bridgehead atoms. The van der Waals surface area contributed by atoms with E-state index >= 15 is 0 Å². The lowest BCUT2D eigenvalue weighted by atomic mass is 10.1.